The minimum absolute atomic E-state index is 0.295. The highest BCUT2D eigenvalue weighted by Crippen LogP contribution is 2.35. The van der Waals surface area contributed by atoms with Crippen molar-refractivity contribution in [3.63, 3.8) is 0 Å². The number of nitrogens with two attached hydrogens (primary N) is 1. The van der Waals surface area contributed by atoms with Crippen molar-refractivity contribution in [3.8, 4) is 0 Å². The molecule has 130 valence electrons. The summed E-state index contributed by atoms with van der Waals surface area (Å²) in [5.41, 5.74) is 11.1. The van der Waals surface area contributed by atoms with Gasteiger partial charge in [0.15, 0.2) is 0 Å². The molecule has 1 unspecified atom stereocenters. The van der Waals surface area contributed by atoms with E-state index in [1.807, 2.05) is 24.3 Å². The molecule has 26 heavy (non-hydrogen) atoms. The summed E-state index contributed by atoms with van der Waals surface area (Å²) in [6.07, 6.45) is 10.9. The Kier molecular flexibility index (Phi) is 6.00. The average Bonchev–Trinajstić information content (AvgIpc) is 2.72. The van der Waals surface area contributed by atoms with Crippen LogP contribution in [0, 0.1) is 0 Å². The van der Waals surface area contributed by atoms with E-state index < -0.39 is 0 Å². The third kappa shape index (κ3) is 4.48. The minimum atomic E-state index is 0.295. The molecule has 2 aromatic carbocycles. The van der Waals surface area contributed by atoms with Gasteiger partial charge in [-0.2, -0.15) is 0 Å². The van der Waals surface area contributed by atoms with Gasteiger partial charge in [0.05, 0.1) is 6.54 Å². The highest BCUT2D eigenvalue weighted by molar-refractivity contribution is 6.02. The predicted octanol–water partition coefficient (Wildman–Crippen LogP) is 5.28. The Morgan fingerprint density at radius 2 is 1.77 bits per heavy atom. The Bertz CT molecular complexity index is 856. The SMILES string of the molecule is C=CC=CCN=C(N)C1=CC(c2ccccc2)CC(c2ccccc2)=C1. The maximum atomic E-state index is 6.29. The van der Waals surface area contributed by atoms with Gasteiger partial charge >= 0.3 is 0 Å². The highest BCUT2D eigenvalue weighted by atomic mass is 14.8. The van der Waals surface area contributed by atoms with E-state index in [1.165, 1.54) is 16.7 Å². The second-order valence-electron chi connectivity index (χ2n) is 6.27. The molecule has 0 saturated heterocycles. The van der Waals surface area contributed by atoms with Gasteiger partial charge in [-0.25, -0.2) is 0 Å². The lowest BCUT2D eigenvalue weighted by Crippen LogP contribution is -2.18. The summed E-state index contributed by atoms with van der Waals surface area (Å²) in [5, 5.41) is 0. The van der Waals surface area contributed by atoms with Crippen LogP contribution in [0.1, 0.15) is 23.5 Å². The van der Waals surface area contributed by atoms with E-state index in [-0.39, 0.29) is 0 Å². The van der Waals surface area contributed by atoms with E-state index >= 15 is 0 Å². The molecule has 3 rings (SSSR count). The second-order valence-corrected chi connectivity index (χ2v) is 6.27. The number of hydrogen-bond acceptors (Lipinski definition) is 1. The summed E-state index contributed by atoms with van der Waals surface area (Å²) in [6, 6.07) is 21.1. The predicted molar refractivity (Wildman–Crippen MR) is 112 cm³/mol. The number of hydrogen-bond donors (Lipinski definition) is 1. The molecule has 0 aromatic heterocycles. The molecule has 1 atom stereocenters. The number of nitrogens with zero attached hydrogens (tertiary/aromatic N) is 1. The maximum absolute atomic E-state index is 6.29. The third-order valence-electron chi connectivity index (χ3n) is 4.46. The Labute approximate surface area is 155 Å². The molecule has 2 aromatic rings. The molecule has 1 aliphatic rings. The van der Waals surface area contributed by atoms with E-state index in [0.29, 0.717) is 18.3 Å². The van der Waals surface area contributed by atoms with Gasteiger partial charge in [0.1, 0.15) is 5.84 Å². The molecular formula is C24H24N2. The summed E-state index contributed by atoms with van der Waals surface area (Å²) in [5.74, 6) is 0.872. The normalized spacial score (nSPS) is 17.7. The lowest BCUT2D eigenvalue weighted by atomic mass is 9.83. The van der Waals surface area contributed by atoms with E-state index in [4.69, 9.17) is 5.73 Å². The molecule has 0 radical (unpaired) electrons. The van der Waals surface area contributed by atoms with Crippen molar-refractivity contribution in [1.82, 2.24) is 0 Å². The molecule has 0 bridgehead atoms. The zero-order valence-corrected chi connectivity index (χ0v) is 14.9. The zero-order chi connectivity index (χ0) is 18.2. The molecule has 0 amide bonds. The monoisotopic (exact) mass is 340 g/mol. The number of rotatable bonds is 6. The number of amidine groups is 1. The summed E-state index contributed by atoms with van der Waals surface area (Å²) in [7, 11) is 0. The van der Waals surface area contributed by atoms with Gasteiger partial charge in [-0.3, -0.25) is 4.99 Å². The van der Waals surface area contributed by atoms with E-state index in [1.54, 1.807) is 6.08 Å². The highest BCUT2D eigenvalue weighted by Gasteiger charge is 2.19. The van der Waals surface area contributed by atoms with E-state index in [9.17, 15) is 0 Å². The number of benzene rings is 2. The largest absolute Gasteiger partial charge is 0.384 e. The number of aliphatic imine (C=N–C) groups is 1. The first kappa shape index (κ1) is 17.7. The quantitative estimate of drug-likeness (QED) is 0.433. The van der Waals surface area contributed by atoms with Gasteiger partial charge in [0.25, 0.3) is 0 Å². The molecule has 2 heteroatoms. The van der Waals surface area contributed by atoms with Crippen molar-refractivity contribution < 1.29 is 0 Å². The minimum Gasteiger partial charge on any atom is -0.384 e. The van der Waals surface area contributed by atoms with Gasteiger partial charge in [-0.1, -0.05) is 91.5 Å². The Balaban J connectivity index is 1.94. The summed E-state index contributed by atoms with van der Waals surface area (Å²) in [6.45, 7) is 4.22. The fourth-order valence-corrected chi connectivity index (χ4v) is 3.13. The van der Waals surface area contributed by atoms with Crippen LogP contribution in [-0.2, 0) is 0 Å². The molecule has 0 heterocycles. The first-order valence-electron chi connectivity index (χ1n) is 8.88. The topological polar surface area (TPSA) is 38.4 Å². The van der Waals surface area contributed by atoms with Crippen LogP contribution >= 0.6 is 0 Å². The Morgan fingerprint density at radius 1 is 1.08 bits per heavy atom. The van der Waals surface area contributed by atoms with Gasteiger partial charge in [-0.05, 0) is 29.2 Å². The fraction of sp³-hybridized carbons (Fsp3) is 0.125. The van der Waals surface area contributed by atoms with Crippen molar-refractivity contribution in [2.45, 2.75) is 12.3 Å². The number of allylic oxidation sites excluding steroid dienone is 4. The molecular weight excluding hydrogens is 316 g/mol. The average molecular weight is 340 g/mol. The molecule has 0 aliphatic heterocycles. The van der Waals surface area contributed by atoms with Crippen molar-refractivity contribution in [2.75, 3.05) is 6.54 Å². The zero-order valence-electron chi connectivity index (χ0n) is 14.9. The lowest BCUT2D eigenvalue weighted by Gasteiger charge is -2.22. The van der Waals surface area contributed by atoms with Crippen LogP contribution in [0.4, 0.5) is 0 Å². The standard InChI is InChI=1S/C24H24N2/c1-2-3-10-15-26-24(25)23-17-21(19-11-6-4-7-12-19)16-22(18-23)20-13-8-5-9-14-20/h2-14,17-18,21H,1,15-16H2,(H2,25,26). The first-order chi connectivity index (χ1) is 12.8. The van der Waals surface area contributed by atoms with Gasteiger partial charge in [-0.15, -0.1) is 0 Å². The molecule has 2 N–H and O–H groups in total. The van der Waals surface area contributed by atoms with Crippen LogP contribution in [0.2, 0.25) is 0 Å². The van der Waals surface area contributed by atoms with Crippen LogP contribution in [-0.4, -0.2) is 12.4 Å². The summed E-state index contributed by atoms with van der Waals surface area (Å²) >= 11 is 0. The van der Waals surface area contributed by atoms with Crippen LogP contribution < -0.4 is 5.73 Å². The van der Waals surface area contributed by atoms with E-state index in [2.05, 4.69) is 72.3 Å². The molecule has 0 saturated carbocycles. The van der Waals surface area contributed by atoms with Crippen molar-refractivity contribution in [1.29, 1.82) is 0 Å². The molecule has 0 fully saturated rings. The molecule has 1 aliphatic carbocycles. The Morgan fingerprint density at radius 3 is 2.46 bits per heavy atom. The second kappa shape index (κ2) is 8.82. The molecule has 2 nitrogen and oxygen atoms in total. The van der Waals surface area contributed by atoms with Crippen LogP contribution in [0.5, 0.6) is 0 Å². The fourth-order valence-electron chi connectivity index (χ4n) is 3.13. The van der Waals surface area contributed by atoms with E-state index in [0.717, 1.165) is 12.0 Å². The third-order valence-corrected chi connectivity index (χ3v) is 4.46. The van der Waals surface area contributed by atoms with Gasteiger partial charge in [0.2, 0.25) is 0 Å². The van der Waals surface area contributed by atoms with Gasteiger partial charge in [0, 0.05) is 11.5 Å². The van der Waals surface area contributed by atoms with Crippen LogP contribution in [0.25, 0.3) is 5.57 Å². The lowest BCUT2D eigenvalue weighted by molar-refractivity contribution is 0.862. The Hall–Kier alpha value is -3.13. The summed E-state index contributed by atoms with van der Waals surface area (Å²) < 4.78 is 0. The maximum Gasteiger partial charge on any atom is 0.125 e. The van der Waals surface area contributed by atoms with Crippen LogP contribution in [0.15, 0.2) is 108 Å². The summed E-state index contributed by atoms with van der Waals surface area (Å²) in [4.78, 5) is 4.49. The smallest absolute Gasteiger partial charge is 0.125 e. The van der Waals surface area contributed by atoms with Crippen LogP contribution in [0.3, 0.4) is 0 Å². The van der Waals surface area contributed by atoms with Crippen molar-refractivity contribution >= 4 is 11.4 Å². The van der Waals surface area contributed by atoms with Gasteiger partial charge < -0.3 is 5.73 Å². The molecule has 0 spiro atoms. The van der Waals surface area contributed by atoms with Crippen molar-refractivity contribution in [2.24, 2.45) is 10.7 Å². The first-order valence-corrected chi connectivity index (χ1v) is 8.88. The van der Waals surface area contributed by atoms with Crippen molar-refractivity contribution in [3.05, 3.63) is 114 Å².